The summed E-state index contributed by atoms with van der Waals surface area (Å²) in [5.41, 5.74) is 0. The van der Waals surface area contributed by atoms with Gasteiger partial charge in [0.25, 0.3) is 0 Å². The van der Waals surface area contributed by atoms with Crippen LogP contribution < -0.4 is 0 Å². The number of hydrogen-bond acceptors (Lipinski definition) is 2. The van der Waals surface area contributed by atoms with Crippen molar-refractivity contribution in [1.29, 1.82) is 0 Å². The minimum atomic E-state index is 0.892. The Bertz CT molecular complexity index is 244. The van der Waals surface area contributed by atoms with E-state index in [0.717, 1.165) is 13.2 Å². The molecule has 0 heterocycles. The number of nitrogens with zero attached hydrogens (tertiary/aromatic N) is 1. The van der Waals surface area contributed by atoms with E-state index in [1.54, 1.807) is 0 Å². The van der Waals surface area contributed by atoms with E-state index in [4.69, 9.17) is 4.84 Å². The molecule has 0 amide bonds. The third-order valence-electron chi connectivity index (χ3n) is 5.39. The molecule has 2 nitrogen and oxygen atoms in total. The van der Waals surface area contributed by atoms with Gasteiger partial charge in [-0.2, -0.15) is 5.06 Å². The van der Waals surface area contributed by atoms with Crippen molar-refractivity contribution in [3.8, 4) is 0 Å². The van der Waals surface area contributed by atoms with Crippen molar-refractivity contribution in [2.45, 2.75) is 136 Å². The lowest BCUT2D eigenvalue weighted by atomic mass is 10.0. The molecule has 0 spiro atoms. The van der Waals surface area contributed by atoms with E-state index < -0.39 is 0 Å². The van der Waals surface area contributed by atoms with Crippen LogP contribution in [0.4, 0.5) is 0 Å². The third-order valence-corrected chi connectivity index (χ3v) is 5.39. The standard InChI is InChI=1S/C24H51NO/c1-4-6-8-9-10-11-12-13-14-15-16-17-18-19-20-21-23-25(3)26-24-22-7-5-2/h4-24H2,1-3H3. The quantitative estimate of drug-likeness (QED) is 0.140. The van der Waals surface area contributed by atoms with Crippen LogP contribution in [0.25, 0.3) is 0 Å². The van der Waals surface area contributed by atoms with Crippen molar-refractivity contribution in [3.05, 3.63) is 0 Å². The summed E-state index contributed by atoms with van der Waals surface area (Å²) in [5, 5.41) is 2.04. The Kier molecular flexibility index (Phi) is 22.9. The first-order valence-electron chi connectivity index (χ1n) is 12.1. The fraction of sp³-hybridized carbons (Fsp3) is 1.00. The molecule has 0 aliphatic heterocycles. The maximum Gasteiger partial charge on any atom is 0.0684 e. The second kappa shape index (κ2) is 23.0. The van der Waals surface area contributed by atoms with Crippen molar-refractivity contribution in [3.63, 3.8) is 0 Å². The molecule has 158 valence electrons. The fourth-order valence-electron chi connectivity index (χ4n) is 3.52. The summed E-state index contributed by atoms with van der Waals surface area (Å²) in [7, 11) is 2.08. The van der Waals surface area contributed by atoms with Crippen LogP contribution in [0.5, 0.6) is 0 Å². The first-order chi connectivity index (χ1) is 12.8. The fourth-order valence-corrected chi connectivity index (χ4v) is 3.52. The Labute approximate surface area is 166 Å². The average molecular weight is 370 g/mol. The summed E-state index contributed by atoms with van der Waals surface area (Å²) >= 11 is 0. The molecular weight excluding hydrogens is 318 g/mol. The van der Waals surface area contributed by atoms with Gasteiger partial charge in [0.1, 0.15) is 0 Å². The van der Waals surface area contributed by atoms with E-state index in [1.165, 1.54) is 122 Å². The Balaban J connectivity index is 3.06. The largest absolute Gasteiger partial charge is 0.299 e. The van der Waals surface area contributed by atoms with Crippen molar-refractivity contribution in [1.82, 2.24) is 5.06 Å². The lowest BCUT2D eigenvalue weighted by Gasteiger charge is -2.16. The van der Waals surface area contributed by atoms with E-state index >= 15 is 0 Å². The van der Waals surface area contributed by atoms with Crippen LogP contribution in [-0.4, -0.2) is 25.3 Å². The van der Waals surface area contributed by atoms with Gasteiger partial charge in [0.05, 0.1) is 6.61 Å². The van der Waals surface area contributed by atoms with E-state index in [9.17, 15) is 0 Å². The number of rotatable bonds is 22. The number of hydrogen-bond donors (Lipinski definition) is 0. The summed E-state index contributed by atoms with van der Waals surface area (Å²) in [6.45, 7) is 6.51. The molecule has 0 bridgehead atoms. The molecule has 0 aromatic heterocycles. The molecule has 0 rings (SSSR count). The van der Waals surface area contributed by atoms with Gasteiger partial charge in [-0.3, -0.25) is 4.84 Å². The smallest absolute Gasteiger partial charge is 0.0684 e. The minimum Gasteiger partial charge on any atom is -0.299 e. The molecule has 0 aliphatic carbocycles. The lowest BCUT2D eigenvalue weighted by molar-refractivity contribution is -0.141. The van der Waals surface area contributed by atoms with Crippen LogP contribution in [0.2, 0.25) is 0 Å². The Morgan fingerprint density at radius 2 is 0.808 bits per heavy atom. The van der Waals surface area contributed by atoms with Gasteiger partial charge < -0.3 is 0 Å². The zero-order chi connectivity index (χ0) is 19.1. The van der Waals surface area contributed by atoms with E-state index in [2.05, 4.69) is 20.9 Å². The second-order valence-electron chi connectivity index (χ2n) is 8.20. The molecule has 0 saturated heterocycles. The van der Waals surface area contributed by atoms with Gasteiger partial charge in [0, 0.05) is 13.6 Å². The summed E-state index contributed by atoms with van der Waals surface area (Å²) < 4.78 is 0. The number of unbranched alkanes of at least 4 members (excludes halogenated alkanes) is 17. The van der Waals surface area contributed by atoms with E-state index in [1.807, 2.05) is 5.06 Å². The minimum absolute atomic E-state index is 0.892. The van der Waals surface area contributed by atoms with E-state index in [0.29, 0.717) is 0 Å². The molecule has 2 heteroatoms. The Morgan fingerprint density at radius 3 is 1.23 bits per heavy atom. The maximum atomic E-state index is 5.70. The van der Waals surface area contributed by atoms with Gasteiger partial charge in [-0.1, -0.05) is 123 Å². The van der Waals surface area contributed by atoms with Crippen molar-refractivity contribution >= 4 is 0 Å². The van der Waals surface area contributed by atoms with Crippen molar-refractivity contribution < 1.29 is 4.84 Å². The third kappa shape index (κ3) is 22.0. The SMILES string of the molecule is CCCCCCCCCCCCCCCCCCN(C)OCCCCC. The van der Waals surface area contributed by atoms with Crippen LogP contribution >= 0.6 is 0 Å². The zero-order valence-electron chi connectivity index (χ0n) is 18.7. The molecule has 0 fully saturated rings. The van der Waals surface area contributed by atoms with Crippen LogP contribution in [0.15, 0.2) is 0 Å². The average Bonchev–Trinajstić information content (AvgIpc) is 2.65. The molecule has 26 heavy (non-hydrogen) atoms. The number of hydroxylamine groups is 2. The molecule has 0 atom stereocenters. The maximum absolute atomic E-state index is 5.70. The molecule has 0 aromatic rings. The van der Waals surface area contributed by atoms with Gasteiger partial charge in [-0.25, -0.2) is 0 Å². The van der Waals surface area contributed by atoms with E-state index in [-0.39, 0.29) is 0 Å². The first kappa shape index (κ1) is 25.9. The second-order valence-corrected chi connectivity index (χ2v) is 8.20. The van der Waals surface area contributed by atoms with Crippen LogP contribution in [-0.2, 0) is 4.84 Å². The van der Waals surface area contributed by atoms with Gasteiger partial charge in [0.2, 0.25) is 0 Å². The Hall–Kier alpha value is -0.0800. The highest BCUT2D eigenvalue weighted by Crippen LogP contribution is 2.13. The molecule has 0 aromatic carbocycles. The normalized spacial score (nSPS) is 11.5. The molecule has 0 saturated carbocycles. The predicted octanol–water partition coefficient (Wildman–Crippen LogP) is 8.30. The summed E-state index contributed by atoms with van der Waals surface area (Å²) in [6.07, 6.45) is 26.7. The monoisotopic (exact) mass is 369 g/mol. The zero-order valence-corrected chi connectivity index (χ0v) is 18.7. The van der Waals surface area contributed by atoms with Gasteiger partial charge in [-0.05, 0) is 12.8 Å². The predicted molar refractivity (Wildman–Crippen MR) is 118 cm³/mol. The van der Waals surface area contributed by atoms with Crippen LogP contribution in [0.1, 0.15) is 136 Å². The topological polar surface area (TPSA) is 12.5 Å². The van der Waals surface area contributed by atoms with Crippen molar-refractivity contribution in [2.24, 2.45) is 0 Å². The summed E-state index contributed by atoms with van der Waals surface area (Å²) in [6, 6.07) is 0. The van der Waals surface area contributed by atoms with Crippen molar-refractivity contribution in [2.75, 3.05) is 20.2 Å². The summed E-state index contributed by atoms with van der Waals surface area (Å²) in [4.78, 5) is 5.70. The molecule has 0 unspecified atom stereocenters. The summed E-state index contributed by atoms with van der Waals surface area (Å²) in [5.74, 6) is 0. The van der Waals surface area contributed by atoms with Gasteiger partial charge in [-0.15, -0.1) is 0 Å². The van der Waals surface area contributed by atoms with Gasteiger partial charge >= 0.3 is 0 Å². The molecule has 0 N–H and O–H groups in total. The Morgan fingerprint density at radius 1 is 0.462 bits per heavy atom. The highest BCUT2D eigenvalue weighted by molar-refractivity contribution is 4.50. The van der Waals surface area contributed by atoms with Crippen LogP contribution in [0.3, 0.4) is 0 Å². The first-order valence-corrected chi connectivity index (χ1v) is 12.1. The van der Waals surface area contributed by atoms with Crippen LogP contribution in [0, 0.1) is 0 Å². The highest BCUT2D eigenvalue weighted by Gasteiger charge is 1.99. The lowest BCUT2D eigenvalue weighted by Crippen LogP contribution is -2.20. The van der Waals surface area contributed by atoms with Gasteiger partial charge in [0.15, 0.2) is 0 Å². The molecular formula is C24H51NO. The highest BCUT2D eigenvalue weighted by atomic mass is 16.7. The molecule has 0 radical (unpaired) electrons. The molecule has 0 aliphatic rings.